The SMILES string of the molecule is CC(C)C1CN(C(=O)c2sccc2S(N)(=O)=O)CCCN1CC1CC1. The summed E-state index contributed by atoms with van der Waals surface area (Å²) in [5.74, 6) is 1.04. The molecule has 0 bridgehead atoms. The van der Waals surface area contributed by atoms with Gasteiger partial charge in [0.1, 0.15) is 9.77 Å². The predicted octanol–water partition coefficient (Wildman–Crippen LogP) is 1.98. The lowest BCUT2D eigenvalue weighted by Crippen LogP contribution is -2.46. The van der Waals surface area contributed by atoms with Crippen molar-refractivity contribution in [2.24, 2.45) is 17.0 Å². The van der Waals surface area contributed by atoms with Crippen LogP contribution in [0.2, 0.25) is 0 Å². The van der Waals surface area contributed by atoms with E-state index in [1.165, 1.54) is 18.9 Å². The topological polar surface area (TPSA) is 83.7 Å². The van der Waals surface area contributed by atoms with E-state index in [0.29, 0.717) is 25.0 Å². The van der Waals surface area contributed by atoms with Crippen molar-refractivity contribution in [3.63, 3.8) is 0 Å². The summed E-state index contributed by atoms with van der Waals surface area (Å²) in [4.78, 5) is 17.5. The highest BCUT2D eigenvalue weighted by atomic mass is 32.2. The molecule has 0 radical (unpaired) electrons. The van der Waals surface area contributed by atoms with Crippen LogP contribution in [-0.2, 0) is 10.0 Å². The summed E-state index contributed by atoms with van der Waals surface area (Å²) in [5.41, 5.74) is 0. The number of amides is 1. The summed E-state index contributed by atoms with van der Waals surface area (Å²) < 4.78 is 23.5. The number of sulfonamides is 1. The fourth-order valence-corrected chi connectivity index (χ4v) is 5.50. The van der Waals surface area contributed by atoms with Crippen LogP contribution in [-0.4, -0.2) is 56.3 Å². The Labute approximate surface area is 154 Å². The first-order valence-corrected chi connectivity index (χ1v) is 11.3. The van der Waals surface area contributed by atoms with E-state index in [1.54, 1.807) is 5.38 Å². The zero-order valence-electron chi connectivity index (χ0n) is 14.8. The quantitative estimate of drug-likeness (QED) is 0.840. The monoisotopic (exact) mass is 385 g/mol. The van der Waals surface area contributed by atoms with E-state index in [2.05, 4.69) is 18.7 Å². The van der Waals surface area contributed by atoms with Crippen molar-refractivity contribution < 1.29 is 13.2 Å². The number of thiophene rings is 1. The minimum atomic E-state index is -3.88. The standard InChI is InChI=1S/C17H27N3O3S2/c1-12(2)14-11-20(8-3-7-19(14)10-13-4-5-13)17(21)16-15(6-9-24-16)25(18,22)23/h6,9,12-14H,3-5,7-8,10-11H2,1-2H3,(H2,18,22,23). The Balaban J connectivity index is 1.80. The molecule has 6 nitrogen and oxygen atoms in total. The van der Waals surface area contributed by atoms with Gasteiger partial charge >= 0.3 is 0 Å². The molecule has 2 aliphatic rings. The van der Waals surface area contributed by atoms with Gasteiger partial charge in [0.25, 0.3) is 5.91 Å². The second-order valence-corrected chi connectivity index (χ2v) is 9.96. The van der Waals surface area contributed by atoms with Gasteiger partial charge in [0.05, 0.1) is 0 Å². The van der Waals surface area contributed by atoms with Crippen LogP contribution in [0, 0.1) is 11.8 Å². The van der Waals surface area contributed by atoms with Crippen molar-refractivity contribution in [3.8, 4) is 0 Å². The van der Waals surface area contributed by atoms with Gasteiger partial charge < -0.3 is 4.90 Å². The number of rotatable bonds is 5. The van der Waals surface area contributed by atoms with Gasteiger partial charge in [-0.3, -0.25) is 9.69 Å². The summed E-state index contributed by atoms with van der Waals surface area (Å²) in [7, 11) is -3.88. The smallest absolute Gasteiger partial charge is 0.265 e. The number of carbonyl (C=O) groups is 1. The molecule has 2 N–H and O–H groups in total. The third kappa shape index (κ3) is 4.42. The first-order chi connectivity index (χ1) is 11.8. The van der Waals surface area contributed by atoms with Crippen molar-refractivity contribution in [2.75, 3.05) is 26.2 Å². The van der Waals surface area contributed by atoms with Crippen LogP contribution in [0.3, 0.4) is 0 Å². The maximum atomic E-state index is 13.0. The Morgan fingerprint density at radius 2 is 2.08 bits per heavy atom. The molecule has 0 spiro atoms. The zero-order chi connectivity index (χ0) is 18.2. The van der Waals surface area contributed by atoms with Crippen molar-refractivity contribution in [3.05, 3.63) is 16.3 Å². The number of nitrogens with zero attached hydrogens (tertiary/aromatic N) is 2. The van der Waals surface area contributed by atoms with Crippen LogP contribution in [0.5, 0.6) is 0 Å². The highest BCUT2D eigenvalue weighted by molar-refractivity contribution is 7.89. The number of carbonyl (C=O) groups excluding carboxylic acids is 1. The number of hydrogen-bond acceptors (Lipinski definition) is 5. The molecule has 2 fully saturated rings. The largest absolute Gasteiger partial charge is 0.336 e. The predicted molar refractivity (Wildman–Crippen MR) is 99.1 cm³/mol. The fourth-order valence-electron chi connectivity index (χ4n) is 3.56. The molecular weight excluding hydrogens is 358 g/mol. The van der Waals surface area contributed by atoms with E-state index >= 15 is 0 Å². The molecule has 1 amide bonds. The first-order valence-electron chi connectivity index (χ1n) is 8.91. The summed E-state index contributed by atoms with van der Waals surface area (Å²) in [6, 6.07) is 1.73. The second-order valence-electron chi connectivity index (χ2n) is 7.51. The van der Waals surface area contributed by atoms with Crippen LogP contribution in [0.25, 0.3) is 0 Å². The van der Waals surface area contributed by atoms with E-state index in [-0.39, 0.29) is 15.7 Å². The van der Waals surface area contributed by atoms with Crippen LogP contribution in [0.4, 0.5) is 0 Å². The molecular formula is C17H27N3O3S2. The molecule has 1 aromatic heterocycles. The molecule has 1 aliphatic carbocycles. The average Bonchev–Trinajstić information content (AvgIpc) is 3.24. The van der Waals surface area contributed by atoms with Gasteiger partial charge in [0.2, 0.25) is 10.0 Å². The van der Waals surface area contributed by atoms with Gasteiger partial charge in [0.15, 0.2) is 0 Å². The summed E-state index contributed by atoms with van der Waals surface area (Å²) >= 11 is 1.15. The van der Waals surface area contributed by atoms with Crippen molar-refractivity contribution >= 4 is 27.3 Å². The van der Waals surface area contributed by atoms with Gasteiger partial charge in [-0.05, 0) is 42.5 Å². The minimum absolute atomic E-state index is 0.0531. The van der Waals surface area contributed by atoms with Gasteiger partial charge in [-0.1, -0.05) is 13.8 Å². The highest BCUT2D eigenvalue weighted by Crippen LogP contribution is 2.32. The van der Waals surface area contributed by atoms with Crippen molar-refractivity contribution in [1.82, 2.24) is 9.80 Å². The summed E-state index contributed by atoms with van der Waals surface area (Å²) in [6.07, 6.45) is 3.55. The number of nitrogens with two attached hydrogens (primary N) is 1. The Morgan fingerprint density at radius 3 is 2.68 bits per heavy atom. The highest BCUT2D eigenvalue weighted by Gasteiger charge is 2.34. The fraction of sp³-hybridized carbons (Fsp3) is 0.706. The molecule has 2 heterocycles. The van der Waals surface area contributed by atoms with Gasteiger partial charge in [0, 0.05) is 32.2 Å². The molecule has 1 saturated carbocycles. The van der Waals surface area contributed by atoms with Gasteiger partial charge in [-0.2, -0.15) is 0 Å². The van der Waals surface area contributed by atoms with Crippen LogP contribution in [0.15, 0.2) is 16.3 Å². The average molecular weight is 386 g/mol. The third-order valence-electron chi connectivity index (χ3n) is 5.13. The molecule has 1 saturated heterocycles. The van der Waals surface area contributed by atoms with E-state index in [9.17, 15) is 13.2 Å². The first kappa shape index (κ1) is 18.8. The number of hydrogen-bond donors (Lipinski definition) is 1. The minimum Gasteiger partial charge on any atom is -0.336 e. The van der Waals surface area contributed by atoms with Crippen molar-refractivity contribution in [1.29, 1.82) is 0 Å². The van der Waals surface area contributed by atoms with Crippen molar-refractivity contribution in [2.45, 2.75) is 44.0 Å². The van der Waals surface area contributed by atoms with E-state index in [1.807, 2.05) is 4.90 Å². The molecule has 3 rings (SSSR count). The molecule has 1 aromatic rings. The Morgan fingerprint density at radius 1 is 1.36 bits per heavy atom. The molecule has 0 aromatic carbocycles. The number of primary sulfonamides is 1. The van der Waals surface area contributed by atoms with Gasteiger partial charge in [-0.15, -0.1) is 11.3 Å². The molecule has 25 heavy (non-hydrogen) atoms. The van der Waals surface area contributed by atoms with Crippen LogP contribution in [0.1, 0.15) is 42.8 Å². The lowest BCUT2D eigenvalue weighted by Gasteiger charge is -2.34. The molecule has 8 heteroatoms. The van der Waals surface area contributed by atoms with E-state index < -0.39 is 10.0 Å². The lowest BCUT2D eigenvalue weighted by atomic mass is 10.0. The van der Waals surface area contributed by atoms with Gasteiger partial charge in [-0.25, -0.2) is 13.6 Å². The lowest BCUT2D eigenvalue weighted by molar-refractivity contribution is 0.0705. The maximum absolute atomic E-state index is 13.0. The summed E-state index contributed by atoms with van der Waals surface area (Å²) in [5, 5.41) is 6.87. The Bertz CT molecular complexity index is 725. The molecule has 1 aliphatic heterocycles. The normalized spacial score (nSPS) is 23.0. The Kier molecular flexibility index (Phi) is 5.53. The van der Waals surface area contributed by atoms with E-state index in [4.69, 9.17) is 5.14 Å². The van der Waals surface area contributed by atoms with E-state index in [0.717, 1.165) is 36.8 Å². The maximum Gasteiger partial charge on any atom is 0.265 e. The second kappa shape index (κ2) is 7.34. The summed E-state index contributed by atoms with van der Waals surface area (Å²) in [6.45, 7) is 7.80. The molecule has 140 valence electrons. The molecule has 1 atom stereocenters. The third-order valence-corrected chi connectivity index (χ3v) is 7.11. The molecule has 1 unspecified atom stereocenters. The Hall–Kier alpha value is -0.960. The van der Waals surface area contributed by atoms with Crippen LogP contribution < -0.4 is 5.14 Å². The van der Waals surface area contributed by atoms with Crippen LogP contribution >= 0.6 is 11.3 Å². The zero-order valence-corrected chi connectivity index (χ0v) is 16.5.